The topological polar surface area (TPSA) is 67.8 Å². The number of hydrogen-bond acceptors (Lipinski definition) is 4. The first-order valence-corrected chi connectivity index (χ1v) is 7.95. The number of aliphatic imine (C=N–C) groups is 1. The zero-order valence-electron chi connectivity index (χ0n) is 14.6. The van der Waals surface area contributed by atoms with Crippen molar-refractivity contribution in [3.05, 3.63) is 54.4 Å². The fourth-order valence-electron chi connectivity index (χ4n) is 1.96. The third kappa shape index (κ3) is 8.57. The molecular formula is C18H25IN4O2. The van der Waals surface area contributed by atoms with Gasteiger partial charge in [0.2, 0.25) is 0 Å². The van der Waals surface area contributed by atoms with E-state index in [-0.39, 0.29) is 24.0 Å². The quantitative estimate of drug-likeness (QED) is 0.277. The monoisotopic (exact) mass is 456 g/mol. The summed E-state index contributed by atoms with van der Waals surface area (Å²) in [6, 6.07) is 11.7. The highest BCUT2D eigenvalue weighted by Gasteiger charge is 1.98. The maximum absolute atomic E-state index is 5.66. The van der Waals surface area contributed by atoms with Crippen LogP contribution in [0.1, 0.15) is 5.56 Å². The van der Waals surface area contributed by atoms with Crippen LogP contribution in [0, 0.1) is 6.92 Å². The van der Waals surface area contributed by atoms with Crippen LogP contribution in [0.25, 0.3) is 0 Å². The number of halogens is 1. The highest BCUT2D eigenvalue weighted by Crippen LogP contribution is 2.10. The number of aromatic nitrogens is 1. The highest BCUT2D eigenvalue weighted by atomic mass is 127. The van der Waals surface area contributed by atoms with Gasteiger partial charge in [-0.2, -0.15) is 0 Å². The second-order valence-electron chi connectivity index (χ2n) is 5.12. The van der Waals surface area contributed by atoms with Crippen LogP contribution in [0.2, 0.25) is 0 Å². The minimum absolute atomic E-state index is 0. The average molecular weight is 456 g/mol. The maximum atomic E-state index is 5.66. The molecule has 0 aliphatic carbocycles. The predicted molar refractivity (Wildman–Crippen MR) is 111 cm³/mol. The van der Waals surface area contributed by atoms with Crippen LogP contribution >= 0.6 is 24.0 Å². The number of nitrogens with one attached hydrogen (secondary N) is 2. The van der Waals surface area contributed by atoms with Gasteiger partial charge in [-0.25, -0.2) is 0 Å². The largest absolute Gasteiger partial charge is 0.492 e. The number of guanidine groups is 1. The smallest absolute Gasteiger partial charge is 0.191 e. The van der Waals surface area contributed by atoms with Crippen molar-refractivity contribution in [2.45, 2.75) is 6.92 Å². The van der Waals surface area contributed by atoms with Gasteiger partial charge in [-0.05, 0) is 31.2 Å². The second kappa shape index (κ2) is 12.3. The van der Waals surface area contributed by atoms with Crippen molar-refractivity contribution in [2.75, 3.05) is 33.4 Å². The highest BCUT2D eigenvalue weighted by molar-refractivity contribution is 14.0. The molecule has 25 heavy (non-hydrogen) atoms. The van der Waals surface area contributed by atoms with Gasteiger partial charge in [0.05, 0.1) is 19.3 Å². The summed E-state index contributed by atoms with van der Waals surface area (Å²) >= 11 is 0. The molecule has 136 valence electrons. The van der Waals surface area contributed by atoms with Gasteiger partial charge in [0.1, 0.15) is 24.7 Å². The molecule has 0 amide bonds. The molecule has 2 N–H and O–H groups in total. The van der Waals surface area contributed by atoms with Crippen molar-refractivity contribution in [3.8, 4) is 11.5 Å². The molecule has 0 saturated carbocycles. The fraction of sp³-hybridized carbons (Fsp3) is 0.333. The molecule has 1 aromatic carbocycles. The molecule has 2 rings (SSSR count). The third-order valence-corrected chi connectivity index (χ3v) is 3.21. The van der Waals surface area contributed by atoms with E-state index in [1.807, 2.05) is 36.4 Å². The Balaban J connectivity index is 0.00000312. The molecule has 0 aliphatic rings. The van der Waals surface area contributed by atoms with Crippen molar-refractivity contribution < 1.29 is 9.47 Å². The summed E-state index contributed by atoms with van der Waals surface area (Å²) < 4.78 is 11.2. The van der Waals surface area contributed by atoms with Gasteiger partial charge in [0, 0.05) is 13.2 Å². The van der Waals surface area contributed by atoms with Gasteiger partial charge in [-0.15, -0.1) is 24.0 Å². The number of aryl methyl sites for hydroxylation is 1. The molecule has 0 unspecified atom stereocenters. The normalized spacial score (nSPS) is 10.6. The molecule has 2 aromatic rings. The van der Waals surface area contributed by atoms with Crippen LogP contribution in [0.15, 0.2) is 53.8 Å². The van der Waals surface area contributed by atoms with Crippen molar-refractivity contribution >= 4 is 29.9 Å². The second-order valence-corrected chi connectivity index (χ2v) is 5.12. The molecule has 0 radical (unpaired) electrons. The summed E-state index contributed by atoms with van der Waals surface area (Å²) in [5.41, 5.74) is 1.22. The Kier molecular flexibility index (Phi) is 10.4. The van der Waals surface area contributed by atoms with Gasteiger partial charge in [-0.1, -0.05) is 17.7 Å². The van der Waals surface area contributed by atoms with Crippen molar-refractivity contribution in [1.29, 1.82) is 0 Å². The first kappa shape index (κ1) is 21.0. The molecule has 0 bridgehead atoms. The van der Waals surface area contributed by atoms with Gasteiger partial charge < -0.3 is 20.1 Å². The Morgan fingerprint density at radius 1 is 1.00 bits per heavy atom. The van der Waals surface area contributed by atoms with Crippen LogP contribution < -0.4 is 20.1 Å². The van der Waals surface area contributed by atoms with Crippen molar-refractivity contribution in [1.82, 2.24) is 15.6 Å². The van der Waals surface area contributed by atoms with Gasteiger partial charge >= 0.3 is 0 Å². The van der Waals surface area contributed by atoms with Crippen LogP contribution in [-0.2, 0) is 0 Å². The molecule has 0 saturated heterocycles. The first-order chi connectivity index (χ1) is 11.8. The summed E-state index contributed by atoms with van der Waals surface area (Å²) in [7, 11) is 1.73. The first-order valence-electron chi connectivity index (χ1n) is 7.95. The van der Waals surface area contributed by atoms with Crippen LogP contribution in [0.3, 0.4) is 0 Å². The number of ether oxygens (including phenoxy) is 2. The Labute approximate surface area is 166 Å². The van der Waals surface area contributed by atoms with E-state index in [1.54, 1.807) is 19.4 Å². The molecule has 0 aliphatic heterocycles. The lowest BCUT2D eigenvalue weighted by molar-refractivity contribution is 0.316. The van der Waals surface area contributed by atoms with Crippen LogP contribution in [-0.4, -0.2) is 44.3 Å². The van der Waals surface area contributed by atoms with Gasteiger partial charge in [0.25, 0.3) is 0 Å². The molecule has 0 fully saturated rings. The molecule has 1 aromatic heterocycles. The fourth-order valence-corrected chi connectivity index (χ4v) is 1.96. The lowest BCUT2D eigenvalue weighted by Gasteiger charge is -2.13. The lowest BCUT2D eigenvalue weighted by atomic mass is 10.2. The van der Waals surface area contributed by atoms with Crippen molar-refractivity contribution in [3.63, 3.8) is 0 Å². The predicted octanol–water partition coefficient (Wildman–Crippen LogP) is 2.63. The van der Waals surface area contributed by atoms with E-state index in [4.69, 9.17) is 9.47 Å². The summed E-state index contributed by atoms with van der Waals surface area (Å²) in [6.45, 7) is 4.46. The van der Waals surface area contributed by atoms with E-state index in [2.05, 4.69) is 27.5 Å². The zero-order chi connectivity index (χ0) is 17.0. The van der Waals surface area contributed by atoms with Crippen LogP contribution in [0.5, 0.6) is 11.5 Å². The zero-order valence-corrected chi connectivity index (χ0v) is 16.9. The van der Waals surface area contributed by atoms with E-state index in [0.29, 0.717) is 26.3 Å². The van der Waals surface area contributed by atoms with E-state index < -0.39 is 0 Å². The van der Waals surface area contributed by atoms with Gasteiger partial charge in [-0.3, -0.25) is 9.98 Å². The maximum Gasteiger partial charge on any atom is 0.191 e. The van der Waals surface area contributed by atoms with Crippen molar-refractivity contribution in [2.24, 2.45) is 4.99 Å². The standard InChI is InChI=1S/C18H24N4O2.HI/c1-15-5-7-16(8-6-15)23-12-10-21-18(19-2)22-11-13-24-17-4-3-9-20-14-17;/h3-9,14H,10-13H2,1-2H3,(H2,19,21,22);1H. The minimum atomic E-state index is 0. The molecule has 6 nitrogen and oxygen atoms in total. The Bertz CT molecular complexity index is 621. The number of nitrogens with zero attached hydrogens (tertiary/aromatic N) is 2. The Morgan fingerprint density at radius 3 is 2.20 bits per heavy atom. The molecule has 1 heterocycles. The van der Waals surface area contributed by atoms with Crippen LogP contribution in [0.4, 0.5) is 0 Å². The van der Waals surface area contributed by atoms with E-state index in [0.717, 1.165) is 17.5 Å². The summed E-state index contributed by atoms with van der Waals surface area (Å²) in [4.78, 5) is 8.16. The number of benzene rings is 1. The number of rotatable bonds is 8. The minimum Gasteiger partial charge on any atom is -0.492 e. The van der Waals surface area contributed by atoms with E-state index in [1.165, 1.54) is 5.56 Å². The molecule has 7 heteroatoms. The number of pyridine rings is 1. The van der Waals surface area contributed by atoms with E-state index in [9.17, 15) is 0 Å². The lowest BCUT2D eigenvalue weighted by Crippen LogP contribution is -2.40. The summed E-state index contributed by atoms with van der Waals surface area (Å²) in [5, 5.41) is 6.38. The van der Waals surface area contributed by atoms with E-state index >= 15 is 0 Å². The number of hydrogen-bond donors (Lipinski definition) is 2. The van der Waals surface area contributed by atoms with Gasteiger partial charge in [0.15, 0.2) is 5.96 Å². The Hall–Kier alpha value is -2.03. The molecule has 0 spiro atoms. The average Bonchev–Trinajstić information content (AvgIpc) is 2.62. The third-order valence-electron chi connectivity index (χ3n) is 3.21. The molecular weight excluding hydrogens is 431 g/mol. The molecule has 0 atom stereocenters. The SMILES string of the molecule is CN=C(NCCOc1ccc(C)cc1)NCCOc1cccnc1.I. The Morgan fingerprint density at radius 2 is 1.64 bits per heavy atom. The summed E-state index contributed by atoms with van der Waals surface area (Å²) in [5.74, 6) is 2.35. The summed E-state index contributed by atoms with van der Waals surface area (Å²) in [6.07, 6.45) is 3.41.